The van der Waals surface area contributed by atoms with Gasteiger partial charge in [0.2, 0.25) is 0 Å². The topological polar surface area (TPSA) is 162 Å². The molecule has 5 aliphatic rings. The lowest BCUT2D eigenvalue weighted by molar-refractivity contribution is -0.768. The second-order valence-corrected chi connectivity index (χ2v) is 12.9. The van der Waals surface area contributed by atoms with Crippen molar-refractivity contribution >= 4 is 17.5 Å². The van der Waals surface area contributed by atoms with Crippen LogP contribution in [0.3, 0.4) is 0 Å². The molecule has 12 heteroatoms. The monoisotopic (exact) mass is 565 g/mol. The molecule has 2 N–H and O–H groups in total. The number of allylic oxidation sites excluding steroid dienone is 4. The largest absolute Gasteiger partial charge is 0.481 e. The lowest BCUT2D eigenvalue weighted by Gasteiger charge is -2.62. The Hall–Kier alpha value is -2.70. The van der Waals surface area contributed by atoms with Gasteiger partial charge >= 0.3 is 5.97 Å². The summed E-state index contributed by atoms with van der Waals surface area (Å²) in [5, 5.41) is 30.8. The third-order valence-electron chi connectivity index (χ3n) is 10.4. The molecule has 5 rings (SSSR count). The number of carbonyl (C=O) groups excluding carboxylic acids is 2. The molecule has 4 aliphatic carbocycles. The van der Waals surface area contributed by atoms with E-state index < -0.39 is 87.7 Å². The van der Waals surface area contributed by atoms with E-state index in [4.69, 9.17) is 19.4 Å². The van der Waals surface area contributed by atoms with Crippen molar-refractivity contribution in [1.82, 2.24) is 0 Å². The van der Waals surface area contributed by atoms with Crippen molar-refractivity contribution in [3.63, 3.8) is 0 Å². The first-order valence-corrected chi connectivity index (χ1v) is 13.8. The van der Waals surface area contributed by atoms with Crippen LogP contribution in [0.4, 0.5) is 4.39 Å². The predicted octanol–water partition coefficient (Wildman–Crippen LogP) is 3.26. The van der Waals surface area contributed by atoms with Crippen molar-refractivity contribution in [2.45, 2.75) is 108 Å². The number of nitrogens with zero attached hydrogens (tertiary/aromatic N) is 1. The van der Waals surface area contributed by atoms with E-state index in [1.165, 1.54) is 12.2 Å². The molecule has 0 spiro atoms. The van der Waals surface area contributed by atoms with Gasteiger partial charge in [-0.1, -0.05) is 18.6 Å². The fraction of sp³-hybridized carbons (Fsp3) is 0.750. The summed E-state index contributed by atoms with van der Waals surface area (Å²) in [6.45, 7) is 6.79. The highest BCUT2D eigenvalue weighted by Gasteiger charge is 2.80. The molecule has 1 aliphatic heterocycles. The van der Waals surface area contributed by atoms with E-state index in [9.17, 15) is 29.6 Å². The molecule has 40 heavy (non-hydrogen) atoms. The highest BCUT2D eigenvalue weighted by molar-refractivity contribution is 6.01. The van der Waals surface area contributed by atoms with Crippen LogP contribution in [0.1, 0.15) is 72.6 Å². The quantitative estimate of drug-likeness (QED) is 0.330. The molecule has 0 aromatic rings. The van der Waals surface area contributed by atoms with Gasteiger partial charge in [-0.25, -0.2) is 4.39 Å². The average molecular weight is 566 g/mol. The first-order chi connectivity index (χ1) is 18.5. The Labute approximate surface area is 230 Å². The Morgan fingerprint density at radius 2 is 1.98 bits per heavy atom. The van der Waals surface area contributed by atoms with Crippen LogP contribution in [-0.2, 0) is 28.7 Å². The number of hydrogen-bond acceptors (Lipinski definition) is 9. The summed E-state index contributed by atoms with van der Waals surface area (Å²) in [5.74, 6) is -4.32. The minimum absolute atomic E-state index is 0.146. The summed E-state index contributed by atoms with van der Waals surface area (Å²) >= 11 is 0. The third-order valence-corrected chi connectivity index (χ3v) is 10.4. The molecule has 4 fully saturated rings. The number of halogens is 1. The van der Waals surface area contributed by atoms with Gasteiger partial charge in [0.25, 0.3) is 5.09 Å². The predicted molar refractivity (Wildman–Crippen MR) is 135 cm³/mol. The zero-order valence-corrected chi connectivity index (χ0v) is 23.1. The van der Waals surface area contributed by atoms with Gasteiger partial charge in [-0.3, -0.25) is 14.4 Å². The molecule has 220 valence electrons. The SMILES string of the molecule is CC1(C)O[C@@H]2C[C@H]3[C@@H]4CCC5=CC(=O)C=C[C@]5(C)C4(F)[C@@H](O)C[C@]3(C)[C@]2(C(=O)CC(CCC(=O)O)O[N+](=O)[O-])O1. The van der Waals surface area contributed by atoms with E-state index in [0.29, 0.717) is 18.4 Å². The number of ether oxygens (including phenoxy) is 2. The zero-order valence-electron chi connectivity index (χ0n) is 23.1. The highest BCUT2D eigenvalue weighted by atomic mass is 19.1. The Bertz CT molecular complexity index is 1220. The molecule has 0 aromatic carbocycles. The molecule has 3 saturated carbocycles. The standard InChI is InChI=1S/C28H36FNO10/c1-24(2)38-22-13-19-18-7-5-15-11-16(31)9-10-25(15,3)27(18,29)21(33)14-26(19,4)28(22,40-24)20(32)12-17(39-30(36)37)6-8-23(34)35/h9-11,17-19,21-22,33H,5-8,12-14H2,1-4H3,(H,34,35)/t17?,18-,19-,21-,22+,25-,26-,27?,28+/m0/s1. The normalized spacial score (nSPS) is 43.5. The first-order valence-electron chi connectivity index (χ1n) is 13.8. The maximum atomic E-state index is 17.5. The molecule has 0 aromatic heterocycles. The summed E-state index contributed by atoms with van der Waals surface area (Å²) in [6.07, 6.45) is 0.377. The Balaban J connectivity index is 1.54. The molecule has 1 saturated heterocycles. The second kappa shape index (κ2) is 9.15. The number of aliphatic hydroxyl groups is 1. The van der Waals surface area contributed by atoms with Gasteiger partial charge in [-0.05, 0) is 70.9 Å². The van der Waals surface area contributed by atoms with E-state index in [1.54, 1.807) is 33.8 Å². The number of fused-ring (bicyclic) bond motifs is 7. The molecule has 0 radical (unpaired) electrons. The van der Waals surface area contributed by atoms with Crippen LogP contribution >= 0.6 is 0 Å². The number of alkyl halides is 1. The fourth-order valence-corrected chi connectivity index (χ4v) is 8.77. The molecule has 1 heterocycles. The van der Waals surface area contributed by atoms with E-state index in [1.807, 2.05) is 0 Å². The number of carbonyl (C=O) groups is 3. The molecule has 0 bridgehead atoms. The summed E-state index contributed by atoms with van der Waals surface area (Å²) in [5.41, 5.74) is -5.46. The lowest BCUT2D eigenvalue weighted by atomic mass is 9.44. The number of hydrogen-bond donors (Lipinski definition) is 2. The zero-order chi connectivity index (χ0) is 29.5. The Morgan fingerprint density at radius 1 is 1.27 bits per heavy atom. The van der Waals surface area contributed by atoms with Gasteiger partial charge in [0, 0.05) is 29.6 Å². The second-order valence-electron chi connectivity index (χ2n) is 12.9. The highest BCUT2D eigenvalue weighted by Crippen LogP contribution is 2.72. The van der Waals surface area contributed by atoms with Gasteiger partial charge in [0.05, 0.1) is 12.2 Å². The summed E-state index contributed by atoms with van der Waals surface area (Å²) in [4.78, 5) is 53.3. The Morgan fingerprint density at radius 3 is 2.62 bits per heavy atom. The van der Waals surface area contributed by atoms with Gasteiger partial charge in [0.15, 0.2) is 28.6 Å². The van der Waals surface area contributed by atoms with E-state index in [0.717, 1.165) is 0 Å². The minimum Gasteiger partial charge on any atom is -0.481 e. The van der Waals surface area contributed by atoms with Crippen LogP contribution in [0.15, 0.2) is 23.8 Å². The molecule has 11 nitrogen and oxygen atoms in total. The molecular weight excluding hydrogens is 529 g/mol. The van der Waals surface area contributed by atoms with Crippen LogP contribution < -0.4 is 0 Å². The van der Waals surface area contributed by atoms with Crippen molar-refractivity contribution < 1.29 is 48.4 Å². The lowest BCUT2D eigenvalue weighted by Crippen LogP contribution is -2.69. The van der Waals surface area contributed by atoms with Crippen LogP contribution in [0.5, 0.6) is 0 Å². The summed E-state index contributed by atoms with van der Waals surface area (Å²) in [6, 6.07) is 0. The van der Waals surface area contributed by atoms with Gasteiger partial charge in [-0.2, -0.15) is 0 Å². The molecule has 0 amide bonds. The maximum Gasteiger partial charge on any atom is 0.303 e. The fourth-order valence-electron chi connectivity index (χ4n) is 8.77. The number of carboxylic acids is 1. The molecule has 9 atom stereocenters. The average Bonchev–Trinajstić information content (AvgIpc) is 3.24. The first kappa shape index (κ1) is 28.8. The summed E-state index contributed by atoms with van der Waals surface area (Å²) in [7, 11) is 0. The number of ketones is 2. The van der Waals surface area contributed by atoms with E-state index >= 15 is 4.39 Å². The van der Waals surface area contributed by atoms with Gasteiger partial charge < -0.3 is 24.5 Å². The Kier molecular flexibility index (Phi) is 6.59. The van der Waals surface area contributed by atoms with Crippen molar-refractivity contribution in [1.29, 1.82) is 0 Å². The van der Waals surface area contributed by atoms with Crippen LogP contribution in [-0.4, -0.2) is 68.2 Å². The smallest absolute Gasteiger partial charge is 0.303 e. The van der Waals surface area contributed by atoms with E-state index in [2.05, 4.69) is 0 Å². The van der Waals surface area contributed by atoms with Gasteiger partial charge in [-0.15, -0.1) is 10.1 Å². The number of rotatable bonds is 8. The van der Waals surface area contributed by atoms with E-state index in [-0.39, 0.29) is 25.0 Å². The van der Waals surface area contributed by atoms with Crippen molar-refractivity contribution in [2.75, 3.05) is 0 Å². The van der Waals surface area contributed by atoms with Crippen molar-refractivity contribution in [2.24, 2.45) is 22.7 Å². The third kappa shape index (κ3) is 3.89. The number of carboxylic acid groups (broad SMARTS) is 1. The maximum absolute atomic E-state index is 17.5. The number of aliphatic hydroxyl groups excluding tert-OH is 1. The van der Waals surface area contributed by atoms with Crippen LogP contribution in [0.2, 0.25) is 0 Å². The number of Topliss-reactive ketones (excluding diaryl/α,β-unsaturated/α-hetero) is 1. The number of aliphatic carboxylic acids is 1. The molecular formula is C28H36FNO10. The van der Waals surface area contributed by atoms with Crippen LogP contribution in [0, 0.1) is 32.8 Å². The van der Waals surface area contributed by atoms with Crippen LogP contribution in [0.25, 0.3) is 0 Å². The van der Waals surface area contributed by atoms with Crippen molar-refractivity contribution in [3.8, 4) is 0 Å². The van der Waals surface area contributed by atoms with Gasteiger partial charge in [0.1, 0.15) is 6.10 Å². The molecule has 2 unspecified atom stereocenters. The minimum atomic E-state index is -2.12. The van der Waals surface area contributed by atoms with Crippen molar-refractivity contribution in [3.05, 3.63) is 33.9 Å². The summed E-state index contributed by atoms with van der Waals surface area (Å²) < 4.78 is 30.1.